The summed E-state index contributed by atoms with van der Waals surface area (Å²) in [5, 5.41) is 2.86. The SMILES string of the molecule is O=C(NC1CC2CCC1O2)c1cc(S)ccc1F. The van der Waals surface area contributed by atoms with Gasteiger partial charge in [-0.05, 0) is 37.5 Å². The summed E-state index contributed by atoms with van der Waals surface area (Å²) in [4.78, 5) is 12.6. The third-order valence-electron chi connectivity index (χ3n) is 3.62. The van der Waals surface area contributed by atoms with Crippen molar-refractivity contribution in [2.75, 3.05) is 0 Å². The van der Waals surface area contributed by atoms with Gasteiger partial charge < -0.3 is 10.1 Å². The van der Waals surface area contributed by atoms with Gasteiger partial charge in [-0.1, -0.05) is 0 Å². The molecule has 18 heavy (non-hydrogen) atoms. The van der Waals surface area contributed by atoms with E-state index in [0.717, 1.165) is 19.3 Å². The number of benzene rings is 1. The van der Waals surface area contributed by atoms with E-state index < -0.39 is 5.82 Å². The number of amides is 1. The minimum Gasteiger partial charge on any atom is -0.373 e. The van der Waals surface area contributed by atoms with Crippen LogP contribution in [-0.2, 0) is 4.74 Å². The van der Waals surface area contributed by atoms with Crippen LogP contribution >= 0.6 is 12.6 Å². The Hall–Kier alpha value is -1.07. The normalized spacial score (nSPS) is 29.6. The second-order valence-electron chi connectivity index (χ2n) is 4.85. The molecule has 2 bridgehead atoms. The second-order valence-corrected chi connectivity index (χ2v) is 5.37. The monoisotopic (exact) mass is 267 g/mol. The largest absolute Gasteiger partial charge is 0.373 e. The summed E-state index contributed by atoms with van der Waals surface area (Å²) in [6.07, 6.45) is 3.24. The van der Waals surface area contributed by atoms with Gasteiger partial charge in [0.1, 0.15) is 5.82 Å². The first-order valence-electron chi connectivity index (χ1n) is 6.08. The van der Waals surface area contributed by atoms with E-state index in [-0.39, 0.29) is 29.7 Å². The van der Waals surface area contributed by atoms with Gasteiger partial charge in [0, 0.05) is 4.90 Å². The van der Waals surface area contributed by atoms with Crippen LogP contribution in [0.4, 0.5) is 4.39 Å². The van der Waals surface area contributed by atoms with Gasteiger partial charge in [0.2, 0.25) is 0 Å². The van der Waals surface area contributed by atoms with Gasteiger partial charge in [0.25, 0.3) is 5.91 Å². The number of nitrogens with one attached hydrogen (secondary N) is 1. The average Bonchev–Trinajstić information content (AvgIpc) is 2.94. The molecule has 2 fully saturated rings. The zero-order chi connectivity index (χ0) is 12.7. The van der Waals surface area contributed by atoms with Gasteiger partial charge in [-0.2, -0.15) is 0 Å². The first-order valence-corrected chi connectivity index (χ1v) is 6.53. The molecule has 96 valence electrons. The molecular weight excluding hydrogens is 253 g/mol. The van der Waals surface area contributed by atoms with Crippen molar-refractivity contribution in [3.63, 3.8) is 0 Å². The highest BCUT2D eigenvalue weighted by Crippen LogP contribution is 2.34. The van der Waals surface area contributed by atoms with E-state index >= 15 is 0 Å². The Balaban J connectivity index is 1.73. The van der Waals surface area contributed by atoms with Gasteiger partial charge in [-0.15, -0.1) is 12.6 Å². The van der Waals surface area contributed by atoms with Crippen LogP contribution in [0.5, 0.6) is 0 Å². The van der Waals surface area contributed by atoms with Gasteiger partial charge in [0.05, 0.1) is 23.8 Å². The molecule has 3 atom stereocenters. The maximum absolute atomic E-state index is 13.6. The van der Waals surface area contributed by atoms with E-state index in [0.29, 0.717) is 4.90 Å². The summed E-state index contributed by atoms with van der Waals surface area (Å²) in [5.74, 6) is -0.904. The van der Waals surface area contributed by atoms with Crippen molar-refractivity contribution in [1.82, 2.24) is 5.32 Å². The number of halogens is 1. The van der Waals surface area contributed by atoms with Crippen LogP contribution in [0.15, 0.2) is 23.1 Å². The number of hydrogen-bond donors (Lipinski definition) is 2. The molecule has 0 aromatic heterocycles. The molecule has 1 amide bonds. The number of carbonyl (C=O) groups is 1. The minimum absolute atomic E-state index is 0.0132. The van der Waals surface area contributed by atoms with Gasteiger partial charge in [-0.3, -0.25) is 4.79 Å². The standard InChI is InChI=1S/C13H14FNO2S/c14-10-3-2-8(18)6-9(10)13(16)15-11-5-7-1-4-12(11)17-7/h2-3,6-7,11-12,18H,1,4-5H2,(H,15,16). The van der Waals surface area contributed by atoms with Crippen LogP contribution in [0, 0.1) is 5.82 Å². The predicted octanol–water partition coefficient (Wildman–Crippen LogP) is 2.16. The lowest BCUT2D eigenvalue weighted by atomic mass is 9.95. The zero-order valence-corrected chi connectivity index (χ0v) is 10.6. The molecule has 1 aromatic rings. The third-order valence-corrected chi connectivity index (χ3v) is 3.90. The number of ether oxygens (including phenoxy) is 1. The Labute approximate surface area is 110 Å². The first kappa shape index (κ1) is 12.0. The maximum atomic E-state index is 13.6. The van der Waals surface area contributed by atoms with Crippen molar-refractivity contribution >= 4 is 18.5 Å². The summed E-state index contributed by atoms with van der Waals surface area (Å²) in [6, 6.07) is 4.24. The molecule has 2 heterocycles. The molecule has 0 radical (unpaired) electrons. The van der Waals surface area contributed by atoms with Crippen molar-refractivity contribution in [2.24, 2.45) is 0 Å². The maximum Gasteiger partial charge on any atom is 0.254 e. The highest BCUT2D eigenvalue weighted by molar-refractivity contribution is 7.80. The van der Waals surface area contributed by atoms with E-state index in [9.17, 15) is 9.18 Å². The topological polar surface area (TPSA) is 38.3 Å². The van der Waals surface area contributed by atoms with Crippen LogP contribution in [-0.4, -0.2) is 24.2 Å². The third kappa shape index (κ3) is 2.12. The molecular formula is C13H14FNO2S. The van der Waals surface area contributed by atoms with Crippen molar-refractivity contribution in [2.45, 2.75) is 42.4 Å². The lowest BCUT2D eigenvalue weighted by molar-refractivity contribution is 0.0838. The molecule has 1 aromatic carbocycles. The molecule has 3 unspecified atom stereocenters. The Morgan fingerprint density at radius 3 is 2.94 bits per heavy atom. The second kappa shape index (κ2) is 4.55. The van der Waals surface area contributed by atoms with Gasteiger partial charge >= 0.3 is 0 Å². The fraction of sp³-hybridized carbons (Fsp3) is 0.462. The predicted molar refractivity (Wildman–Crippen MR) is 67.4 cm³/mol. The summed E-state index contributed by atoms with van der Waals surface area (Å²) >= 11 is 4.12. The highest BCUT2D eigenvalue weighted by atomic mass is 32.1. The van der Waals surface area contributed by atoms with Gasteiger partial charge in [-0.25, -0.2) is 4.39 Å². The Morgan fingerprint density at radius 1 is 1.44 bits per heavy atom. The average molecular weight is 267 g/mol. The zero-order valence-electron chi connectivity index (χ0n) is 9.73. The Bertz CT molecular complexity index is 494. The quantitative estimate of drug-likeness (QED) is 0.806. The van der Waals surface area contributed by atoms with Crippen LogP contribution < -0.4 is 5.32 Å². The molecule has 1 N–H and O–H groups in total. The summed E-state index contributed by atoms with van der Waals surface area (Å²) < 4.78 is 19.2. The fourth-order valence-corrected chi connectivity index (χ4v) is 2.93. The fourth-order valence-electron chi connectivity index (χ4n) is 2.72. The van der Waals surface area contributed by atoms with E-state index in [1.54, 1.807) is 0 Å². The Morgan fingerprint density at radius 2 is 2.28 bits per heavy atom. The number of carbonyl (C=O) groups excluding carboxylic acids is 1. The molecule has 5 heteroatoms. The smallest absolute Gasteiger partial charge is 0.254 e. The van der Waals surface area contributed by atoms with Crippen molar-refractivity contribution < 1.29 is 13.9 Å². The molecule has 0 aliphatic carbocycles. The molecule has 3 nitrogen and oxygen atoms in total. The van der Waals surface area contributed by atoms with E-state index in [1.165, 1.54) is 18.2 Å². The number of thiol groups is 1. The summed E-state index contributed by atoms with van der Waals surface area (Å²) in [7, 11) is 0. The molecule has 2 saturated heterocycles. The Kier molecular flexibility index (Phi) is 3.03. The summed E-state index contributed by atoms with van der Waals surface area (Å²) in [6.45, 7) is 0. The minimum atomic E-state index is -0.519. The van der Waals surface area contributed by atoms with Crippen LogP contribution in [0.25, 0.3) is 0 Å². The molecule has 2 aliphatic heterocycles. The van der Waals surface area contributed by atoms with E-state index in [4.69, 9.17) is 4.74 Å². The first-order chi connectivity index (χ1) is 8.63. The number of hydrogen-bond acceptors (Lipinski definition) is 3. The van der Waals surface area contributed by atoms with Crippen molar-refractivity contribution in [3.05, 3.63) is 29.6 Å². The molecule has 3 rings (SSSR count). The van der Waals surface area contributed by atoms with E-state index in [2.05, 4.69) is 17.9 Å². The number of fused-ring (bicyclic) bond motifs is 2. The van der Waals surface area contributed by atoms with Crippen LogP contribution in [0.3, 0.4) is 0 Å². The molecule has 0 spiro atoms. The lowest BCUT2D eigenvalue weighted by Gasteiger charge is -2.20. The lowest BCUT2D eigenvalue weighted by Crippen LogP contribution is -2.41. The number of rotatable bonds is 2. The van der Waals surface area contributed by atoms with Crippen LogP contribution in [0.1, 0.15) is 29.6 Å². The summed E-state index contributed by atoms with van der Waals surface area (Å²) in [5.41, 5.74) is 0.0465. The molecule has 0 saturated carbocycles. The van der Waals surface area contributed by atoms with Gasteiger partial charge in [0.15, 0.2) is 0 Å². The van der Waals surface area contributed by atoms with Crippen molar-refractivity contribution in [1.29, 1.82) is 0 Å². The molecule has 2 aliphatic rings. The van der Waals surface area contributed by atoms with Crippen molar-refractivity contribution in [3.8, 4) is 0 Å². The van der Waals surface area contributed by atoms with E-state index in [1.807, 2.05) is 0 Å². The highest BCUT2D eigenvalue weighted by Gasteiger charge is 2.41. The van der Waals surface area contributed by atoms with Crippen LogP contribution in [0.2, 0.25) is 0 Å².